The van der Waals surface area contributed by atoms with Gasteiger partial charge in [0.05, 0.1) is 5.69 Å². The molecule has 4 heteroatoms. The predicted molar refractivity (Wildman–Crippen MR) is 107 cm³/mol. The van der Waals surface area contributed by atoms with Gasteiger partial charge < -0.3 is 9.88 Å². The molecule has 1 aliphatic carbocycles. The Bertz CT molecular complexity index is 765. The van der Waals surface area contributed by atoms with Crippen LogP contribution in [-0.2, 0) is 12.8 Å². The number of nitrogens with zero attached hydrogens (tertiary/aromatic N) is 2. The number of hydrogen-bond acceptors (Lipinski definition) is 3. The molecule has 1 aromatic carbocycles. The number of aryl methyl sites for hydroxylation is 1. The maximum Gasteiger partial charge on any atom is 0.254 e. The maximum absolute atomic E-state index is 12.7. The molecule has 0 radical (unpaired) electrons. The number of aromatic nitrogens is 2. The second-order valence-corrected chi connectivity index (χ2v) is 7.44. The zero-order valence-electron chi connectivity index (χ0n) is 16.3. The van der Waals surface area contributed by atoms with Crippen LogP contribution in [0.4, 0.5) is 0 Å². The third-order valence-corrected chi connectivity index (χ3v) is 5.78. The van der Waals surface area contributed by atoms with Crippen LogP contribution in [0.5, 0.6) is 0 Å². The minimum Gasteiger partial charge on any atom is -0.310 e. The van der Waals surface area contributed by atoms with E-state index in [1.54, 1.807) is 0 Å². The number of hydrogen-bond donors (Lipinski definition) is 1. The van der Waals surface area contributed by atoms with Gasteiger partial charge in [0.25, 0.3) is 5.56 Å². The molecule has 0 bridgehead atoms. The molecule has 1 aromatic heterocycles. The maximum atomic E-state index is 12.7. The van der Waals surface area contributed by atoms with Gasteiger partial charge in [-0.2, -0.15) is 0 Å². The smallest absolute Gasteiger partial charge is 0.254 e. The Kier molecular flexibility index (Phi) is 6.25. The summed E-state index contributed by atoms with van der Waals surface area (Å²) in [6, 6.07) is 10.4. The SMILES string of the molecule is CCN(CC)CCC1CCc2nc(CC(C)c3ccccc3)[nH]c(=O)c21. The Balaban J connectivity index is 1.72. The van der Waals surface area contributed by atoms with Crippen LogP contribution in [0.3, 0.4) is 0 Å². The molecule has 3 rings (SSSR count). The number of rotatable bonds is 8. The van der Waals surface area contributed by atoms with E-state index in [9.17, 15) is 4.79 Å². The summed E-state index contributed by atoms with van der Waals surface area (Å²) in [6.07, 6.45) is 3.83. The lowest BCUT2D eigenvalue weighted by Crippen LogP contribution is -2.26. The van der Waals surface area contributed by atoms with E-state index in [0.29, 0.717) is 11.8 Å². The van der Waals surface area contributed by atoms with Crippen LogP contribution in [0, 0.1) is 0 Å². The van der Waals surface area contributed by atoms with Crippen molar-refractivity contribution in [1.29, 1.82) is 0 Å². The molecule has 140 valence electrons. The van der Waals surface area contributed by atoms with Gasteiger partial charge in [-0.3, -0.25) is 4.79 Å². The lowest BCUT2D eigenvalue weighted by atomic mass is 9.97. The standard InChI is InChI=1S/C22H31N3O/c1-4-25(5-2)14-13-18-11-12-19-21(18)22(26)24-20(23-19)15-16(3)17-9-7-6-8-10-17/h6-10,16,18H,4-5,11-15H2,1-3H3,(H,23,24,26). The summed E-state index contributed by atoms with van der Waals surface area (Å²) in [6.45, 7) is 9.78. The van der Waals surface area contributed by atoms with Crippen molar-refractivity contribution in [2.75, 3.05) is 19.6 Å². The first kappa shape index (κ1) is 18.8. The lowest BCUT2D eigenvalue weighted by Gasteiger charge is -2.20. The largest absolute Gasteiger partial charge is 0.310 e. The van der Waals surface area contributed by atoms with Crippen LogP contribution < -0.4 is 5.56 Å². The molecule has 0 saturated heterocycles. The Hall–Kier alpha value is -1.94. The zero-order chi connectivity index (χ0) is 18.5. The molecule has 1 aliphatic rings. The summed E-state index contributed by atoms with van der Waals surface area (Å²) in [7, 11) is 0. The van der Waals surface area contributed by atoms with Crippen molar-refractivity contribution in [2.45, 2.75) is 58.3 Å². The summed E-state index contributed by atoms with van der Waals surface area (Å²) in [5.41, 5.74) is 3.36. The fourth-order valence-corrected chi connectivity index (χ4v) is 4.10. The van der Waals surface area contributed by atoms with E-state index in [-0.39, 0.29) is 5.56 Å². The van der Waals surface area contributed by atoms with Gasteiger partial charge in [0.15, 0.2) is 0 Å². The molecule has 0 spiro atoms. The first-order chi connectivity index (χ1) is 12.6. The number of benzene rings is 1. The Labute approximate surface area is 156 Å². The Morgan fingerprint density at radius 1 is 1.23 bits per heavy atom. The van der Waals surface area contributed by atoms with Gasteiger partial charge >= 0.3 is 0 Å². The average molecular weight is 354 g/mol. The molecule has 2 atom stereocenters. The first-order valence-electron chi connectivity index (χ1n) is 10.0. The van der Waals surface area contributed by atoms with E-state index >= 15 is 0 Å². The quantitative estimate of drug-likeness (QED) is 0.783. The number of fused-ring (bicyclic) bond motifs is 1. The van der Waals surface area contributed by atoms with Crippen molar-refractivity contribution in [2.24, 2.45) is 0 Å². The van der Waals surface area contributed by atoms with Crippen molar-refractivity contribution in [3.63, 3.8) is 0 Å². The fourth-order valence-electron chi connectivity index (χ4n) is 4.10. The van der Waals surface area contributed by atoms with E-state index in [2.05, 4.69) is 54.9 Å². The van der Waals surface area contributed by atoms with Gasteiger partial charge in [0, 0.05) is 12.0 Å². The molecule has 4 nitrogen and oxygen atoms in total. The highest BCUT2D eigenvalue weighted by Crippen LogP contribution is 2.32. The molecule has 0 aliphatic heterocycles. The monoisotopic (exact) mass is 353 g/mol. The van der Waals surface area contributed by atoms with Crippen LogP contribution in [0.2, 0.25) is 0 Å². The highest BCUT2D eigenvalue weighted by molar-refractivity contribution is 5.28. The second kappa shape index (κ2) is 8.63. The van der Waals surface area contributed by atoms with Gasteiger partial charge in [0.1, 0.15) is 5.82 Å². The topological polar surface area (TPSA) is 49.0 Å². The van der Waals surface area contributed by atoms with E-state index in [4.69, 9.17) is 4.98 Å². The molecule has 0 saturated carbocycles. The van der Waals surface area contributed by atoms with Gasteiger partial charge in [-0.05, 0) is 56.3 Å². The molecule has 1 N–H and O–H groups in total. The second-order valence-electron chi connectivity index (χ2n) is 7.44. The van der Waals surface area contributed by atoms with E-state index in [0.717, 1.165) is 62.4 Å². The number of nitrogens with one attached hydrogen (secondary N) is 1. The molecular weight excluding hydrogens is 322 g/mol. The molecule has 1 heterocycles. The number of aromatic amines is 1. The van der Waals surface area contributed by atoms with Crippen LogP contribution in [0.1, 0.15) is 68.1 Å². The third kappa shape index (κ3) is 4.24. The van der Waals surface area contributed by atoms with E-state index < -0.39 is 0 Å². The third-order valence-electron chi connectivity index (χ3n) is 5.78. The highest BCUT2D eigenvalue weighted by Gasteiger charge is 2.28. The normalized spacial score (nSPS) is 17.5. The molecule has 2 unspecified atom stereocenters. The molecule has 0 amide bonds. The van der Waals surface area contributed by atoms with Crippen molar-refractivity contribution in [3.8, 4) is 0 Å². The molecule has 0 fully saturated rings. The van der Waals surface area contributed by atoms with E-state index in [1.165, 1.54) is 5.56 Å². The fraction of sp³-hybridized carbons (Fsp3) is 0.545. The zero-order valence-corrected chi connectivity index (χ0v) is 16.3. The van der Waals surface area contributed by atoms with Crippen molar-refractivity contribution < 1.29 is 0 Å². The van der Waals surface area contributed by atoms with Crippen LogP contribution in [-0.4, -0.2) is 34.5 Å². The Morgan fingerprint density at radius 3 is 2.65 bits per heavy atom. The summed E-state index contributed by atoms with van der Waals surface area (Å²) in [4.78, 5) is 23.1. The first-order valence-corrected chi connectivity index (χ1v) is 10.0. The van der Waals surface area contributed by atoms with Gasteiger partial charge in [-0.15, -0.1) is 0 Å². The van der Waals surface area contributed by atoms with E-state index in [1.807, 2.05) is 6.07 Å². The summed E-state index contributed by atoms with van der Waals surface area (Å²) in [5.74, 6) is 1.54. The van der Waals surface area contributed by atoms with Crippen LogP contribution in [0.15, 0.2) is 35.1 Å². The van der Waals surface area contributed by atoms with Gasteiger partial charge in [-0.25, -0.2) is 4.98 Å². The summed E-state index contributed by atoms with van der Waals surface area (Å²) < 4.78 is 0. The van der Waals surface area contributed by atoms with Crippen molar-refractivity contribution in [1.82, 2.24) is 14.9 Å². The van der Waals surface area contributed by atoms with Crippen molar-refractivity contribution in [3.05, 3.63) is 63.3 Å². The average Bonchev–Trinajstić information content (AvgIpc) is 3.07. The Morgan fingerprint density at radius 2 is 1.96 bits per heavy atom. The molecular formula is C22H31N3O. The predicted octanol–water partition coefficient (Wildman–Crippen LogP) is 3.88. The molecule has 26 heavy (non-hydrogen) atoms. The summed E-state index contributed by atoms with van der Waals surface area (Å²) >= 11 is 0. The van der Waals surface area contributed by atoms with Gasteiger partial charge in [-0.1, -0.05) is 51.1 Å². The van der Waals surface area contributed by atoms with Crippen molar-refractivity contribution >= 4 is 0 Å². The lowest BCUT2D eigenvalue weighted by molar-refractivity contribution is 0.289. The molecule has 2 aromatic rings. The number of H-pyrrole nitrogens is 1. The van der Waals surface area contributed by atoms with Crippen LogP contribution >= 0.6 is 0 Å². The van der Waals surface area contributed by atoms with Crippen LogP contribution in [0.25, 0.3) is 0 Å². The van der Waals surface area contributed by atoms with Gasteiger partial charge in [0.2, 0.25) is 0 Å². The minimum atomic E-state index is 0.0901. The summed E-state index contributed by atoms with van der Waals surface area (Å²) in [5, 5.41) is 0. The minimum absolute atomic E-state index is 0.0901. The highest BCUT2D eigenvalue weighted by atomic mass is 16.1.